The molecule has 2 fully saturated rings. The van der Waals surface area contributed by atoms with E-state index in [1.165, 1.54) is 0 Å². The second-order valence-corrected chi connectivity index (χ2v) is 7.07. The number of nitrogens with zero attached hydrogens (tertiary/aromatic N) is 1. The normalized spacial score (nSPS) is 47.0. The Morgan fingerprint density at radius 2 is 2.41 bits per heavy atom. The summed E-state index contributed by atoms with van der Waals surface area (Å²) in [5, 5.41) is 10.7. The number of hydrogen-bond donors (Lipinski definition) is 1. The number of likely N-dealkylation sites (tertiary alicyclic amines) is 1. The van der Waals surface area contributed by atoms with E-state index >= 15 is 0 Å². The Labute approximate surface area is 139 Å². The highest BCUT2D eigenvalue weighted by atomic mass is 16.5. The zero-order valence-electron chi connectivity index (χ0n) is 18.2. The number of piperidine rings is 1. The van der Waals surface area contributed by atoms with Gasteiger partial charge in [-0.15, -0.1) is 0 Å². The molecule has 1 saturated carbocycles. The van der Waals surface area contributed by atoms with Crippen LogP contribution in [0.4, 0.5) is 0 Å². The molecule has 5 atom stereocenters. The first-order valence-electron chi connectivity index (χ1n) is 11.0. The van der Waals surface area contributed by atoms with Crippen molar-refractivity contribution in [2.24, 2.45) is 5.92 Å². The third kappa shape index (κ3) is 1.32. The molecule has 2 heterocycles. The fourth-order valence-corrected chi connectivity index (χ4v) is 5.59. The number of aliphatic hydroxyl groups excluding tert-OH is 1. The highest BCUT2D eigenvalue weighted by Crippen LogP contribution is 2.63. The van der Waals surface area contributed by atoms with Gasteiger partial charge in [-0.1, -0.05) is 6.07 Å². The van der Waals surface area contributed by atoms with Crippen LogP contribution in [0, 0.1) is 5.92 Å². The standard InChI is InChI=1S/C18H23NO3/c1-19-8-7-18-11-4-5-13(20)17(18)22-16-14(21-2)6-3-10(15(16)18)9-12(11)19/h3,6,11-13,17,20H,4-5,7-9H2,1-2H3/t11-,12+,13-,17-,18-/m0/s1/i1D3,2D3. The molecule has 4 aliphatic rings. The maximum atomic E-state index is 10.7. The first kappa shape index (κ1) is 8.55. The monoisotopic (exact) mass is 307 g/mol. The maximum Gasteiger partial charge on any atom is 0.165 e. The summed E-state index contributed by atoms with van der Waals surface area (Å²) in [7, 11) is -2.60. The van der Waals surface area contributed by atoms with Crippen LogP contribution in [0.3, 0.4) is 0 Å². The lowest BCUT2D eigenvalue weighted by molar-refractivity contribution is -0.0993. The predicted octanol–water partition coefficient (Wildman–Crippen LogP) is 1.73. The van der Waals surface area contributed by atoms with Crippen LogP contribution in [0.15, 0.2) is 12.1 Å². The van der Waals surface area contributed by atoms with Crippen molar-refractivity contribution in [3.8, 4) is 11.5 Å². The Hall–Kier alpha value is -1.26. The number of benzene rings is 1. The second kappa shape index (κ2) is 4.18. The largest absolute Gasteiger partial charge is 0.493 e. The molecule has 1 N–H and O–H groups in total. The summed E-state index contributed by atoms with van der Waals surface area (Å²) in [5.74, 6) is 0.641. The molecule has 2 bridgehead atoms. The zero-order chi connectivity index (χ0) is 20.1. The molecule has 1 aromatic carbocycles. The van der Waals surface area contributed by atoms with E-state index in [9.17, 15) is 5.11 Å². The van der Waals surface area contributed by atoms with Crippen LogP contribution in [0.5, 0.6) is 11.5 Å². The highest BCUT2D eigenvalue weighted by molar-refractivity contribution is 5.61. The van der Waals surface area contributed by atoms with Gasteiger partial charge in [-0.3, -0.25) is 0 Å². The molecular weight excluding hydrogens is 278 g/mol. The van der Waals surface area contributed by atoms with Gasteiger partial charge in [0.05, 0.1) is 17.3 Å². The average molecular weight is 307 g/mol. The molecular formula is C18H23NO3. The lowest BCUT2D eigenvalue weighted by atomic mass is 9.51. The molecule has 118 valence electrons. The molecule has 0 radical (unpaired) electrons. The molecule has 4 heteroatoms. The Kier molecular flexibility index (Phi) is 1.62. The van der Waals surface area contributed by atoms with Gasteiger partial charge >= 0.3 is 0 Å². The van der Waals surface area contributed by atoms with E-state index in [0.29, 0.717) is 31.6 Å². The van der Waals surface area contributed by atoms with Crippen molar-refractivity contribution in [3.63, 3.8) is 0 Å². The maximum absolute atomic E-state index is 10.7. The lowest BCUT2D eigenvalue weighted by Gasteiger charge is -2.58. The first-order chi connectivity index (χ1) is 13.0. The number of aliphatic hydroxyl groups is 1. The van der Waals surface area contributed by atoms with Gasteiger partial charge in [0.2, 0.25) is 0 Å². The van der Waals surface area contributed by atoms with Gasteiger partial charge < -0.3 is 19.5 Å². The fourth-order valence-electron chi connectivity index (χ4n) is 5.59. The summed E-state index contributed by atoms with van der Waals surface area (Å²) in [6.07, 6.45) is 1.24. The van der Waals surface area contributed by atoms with Crippen molar-refractivity contribution in [2.75, 3.05) is 20.6 Å². The van der Waals surface area contributed by atoms with E-state index in [4.69, 9.17) is 17.7 Å². The van der Waals surface area contributed by atoms with Gasteiger partial charge in [-0.2, -0.15) is 0 Å². The minimum atomic E-state index is -2.60. The van der Waals surface area contributed by atoms with Gasteiger partial charge in [0.15, 0.2) is 11.5 Å². The van der Waals surface area contributed by atoms with Gasteiger partial charge in [0.1, 0.15) is 6.10 Å². The molecule has 0 amide bonds. The van der Waals surface area contributed by atoms with Gasteiger partial charge in [-0.05, 0) is 56.8 Å². The second-order valence-electron chi connectivity index (χ2n) is 7.07. The van der Waals surface area contributed by atoms with E-state index in [-0.39, 0.29) is 17.7 Å². The van der Waals surface area contributed by atoms with Crippen molar-refractivity contribution in [2.45, 2.75) is 49.3 Å². The minimum Gasteiger partial charge on any atom is -0.493 e. The zero-order valence-corrected chi connectivity index (χ0v) is 12.2. The van der Waals surface area contributed by atoms with Crippen LogP contribution in [-0.2, 0) is 11.8 Å². The fraction of sp³-hybridized carbons (Fsp3) is 0.667. The van der Waals surface area contributed by atoms with E-state index in [0.717, 1.165) is 17.5 Å². The number of rotatable bonds is 1. The lowest BCUT2D eigenvalue weighted by Crippen LogP contribution is -2.66. The Morgan fingerprint density at radius 3 is 3.27 bits per heavy atom. The van der Waals surface area contributed by atoms with Crippen LogP contribution in [-0.4, -0.2) is 48.8 Å². The third-order valence-corrected chi connectivity index (χ3v) is 6.38. The highest BCUT2D eigenvalue weighted by Gasteiger charge is 2.65. The summed E-state index contributed by atoms with van der Waals surface area (Å²) in [6.45, 7) is -1.77. The Morgan fingerprint density at radius 1 is 1.45 bits per heavy atom. The smallest absolute Gasteiger partial charge is 0.165 e. The van der Waals surface area contributed by atoms with E-state index in [1.807, 2.05) is 6.07 Å². The number of likely N-dealkylation sites (N-methyl/N-ethyl adjacent to an activating group) is 1. The Balaban J connectivity index is 1.68. The van der Waals surface area contributed by atoms with E-state index in [2.05, 4.69) is 0 Å². The predicted molar refractivity (Wildman–Crippen MR) is 82.6 cm³/mol. The summed E-state index contributed by atoms with van der Waals surface area (Å²) < 4.78 is 57.7. The van der Waals surface area contributed by atoms with Crippen molar-refractivity contribution < 1.29 is 22.8 Å². The Bertz CT molecular complexity index is 825. The number of hydrogen-bond acceptors (Lipinski definition) is 4. The first-order valence-corrected chi connectivity index (χ1v) is 7.99. The summed E-state index contributed by atoms with van der Waals surface area (Å²) in [5.41, 5.74) is 1.42. The van der Waals surface area contributed by atoms with Gasteiger partial charge in [0, 0.05) is 21.1 Å². The molecule has 2 aliphatic carbocycles. The average Bonchev–Trinajstić information content (AvgIpc) is 2.90. The van der Waals surface area contributed by atoms with Crippen molar-refractivity contribution in [1.82, 2.24) is 4.90 Å². The van der Waals surface area contributed by atoms with E-state index in [1.54, 1.807) is 11.0 Å². The summed E-state index contributed by atoms with van der Waals surface area (Å²) in [6, 6.07) is 3.28. The molecule has 0 unspecified atom stereocenters. The number of methoxy groups -OCH3 is 1. The van der Waals surface area contributed by atoms with Crippen molar-refractivity contribution >= 4 is 0 Å². The van der Waals surface area contributed by atoms with Crippen LogP contribution < -0.4 is 9.47 Å². The quantitative estimate of drug-likeness (QED) is 0.858. The molecule has 1 spiro atoms. The van der Waals surface area contributed by atoms with Gasteiger partial charge in [-0.25, -0.2) is 0 Å². The summed E-state index contributed by atoms with van der Waals surface area (Å²) >= 11 is 0. The van der Waals surface area contributed by atoms with Crippen molar-refractivity contribution in [3.05, 3.63) is 23.3 Å². The minimum absolute atomic E-state index is 0.0480. The third-order valence-electron chi connectivity index (χ3n) is 6.38. The number of ether oxygens (including phenoxy) is 2. The molecule has 1 aromatic rings. The van der Waals surface area contributed by atoms with Crippen LogP contribution in [0.1, 0.15) is 38.6 Å². The van der Waals surface area contributed by atoms with Crippen LogP contribution >= 0.6 is 0 Å². The molecule has 2 aliphatic heterocycles. The SMILES string of the molecule is [2H]C([2H])([2H])Oc1ccc2c3c1O[C@H]1[C@@H](O)CC[C@H]4[C@@H](C2)N(C([2H])([2H])[2H])CC[C@@]341. The van der Waals surface area contributed by atoms with Gasteiger partial charge in [0.25, 0.3) is 0 Å². The molecule has 0 aromatic heterocycles. The van der Waals surface area contributed by atoms with Crippen molar-refractivity contribution in [1.29, 1.82) is 0 Å². The van der Waals surface area contributed by atoms with Crippen LogP contribution in [0.2, 0.25) is 0 Å². The molecule has 4 nitrogen and oxygen atoms in total. The van der Waals surface area contributed by atoms with E-state index < -0.39 is 31.6 Å². The molecule has 1 saturated heterocycles. The van der Waals surface area contributed by atoms with Crippen LogP contribution in [0.25, 0.3) is 0 Å². The topological polar surface area (TPSA) is 41.9 Å². The molecule has 22 heavy (non-hydrogen) atoms. The summed E-state index contributed by atoms with van der Waals surface area (Å²) in [4.78, 5) is 1.63. The molecule has 5 rings (SSSR count).